The number of pyridine rings is 1. The molecule has 2 aromatic rings. The van der Waals surface area contributed by atoms with Crippen molar-refractivity contribution in [3.63, 3.8) is 0 Å². The number of unbranched alkanes of at least 4 members (excludes halogenated alkanes) is 1. The molecule has 0 radical (unpaired) electrons. The van der Waals surface area contributed by atoms with Crippen LogP contribution < -0.4 is 10.1 Å². The second kappa shape index (κ2) is 9.82. The summed E-state index contributed by atoms with van der Waals surface area (Å²) in [6.07, 6.45) is 7.58. The van der Waals surface area contributed by atoms with Crippen LogP contribution in [0.25, 0.3) is 0 Å². The van der Waals surface area contributed by atoms with Crippen molar-refractivity contribution in [2.45, 2.75) is 52.0 Å². The van der Waals surface area contributed by atoms with E-state index in [0.717, 1.165) is 42.0 Å². The molecule has 0 fully saturated rings. The highest BCUT2D eigenvalue weighted by atomic mass is 16.5. The minimum atomic E-state index is 0.405. The number of hydrogen-bond donors (Lipinski definition) is 2. The van der Waals surface area contributed by atoms with Gasteiger partial charge in [-0.2, -0.15) is 0 Å². The second-order valence-electron chi connectivity index (χ2n) is 6.28. The Kier molecular flexibility index (Phi) is 7.45. The maximum atomic E-state index is 8.60. The molecule has 0 aliphatic heterocycles. The van der Waals surface area contributed by atoms with Crippen LogP contribution in [0.15, 0.2) is 42.6 Å². The van der Waals surface area contributed by atoms with Crippen LogP contribution in [0.3, 0.4) is 0 Å². The van der Waals surface area contributed by atoms with Gasteiger partial charge in [0.1, 0.15) is 11.6 Å². The Morgan fingerprint density at radius 3 is 2.52 bits per heavy atom. The number of anilines is 1. The molecule has 0 bridgehead atoms. The average molecular weight is 339 g/mol. The fraction of sp³-hybridized carbons (Fsp3) is 0.429. The normalized spacial score (nSPS) is 11.8. The second-order valence-corrected chi connectivity index (χ2v) is 6.28. The Hall–Kier alpha value is -2.36. The van der Waals surface area contributed by atoms with Crippen molar-refractivity contribution in [3.8, 4) is 5.75 Å². The van der Waals surface area contributed by atoms with E-state index in [2.05, 4.69) is 24.1 Å². The van der Waals surface area contributed by atoms with Gasteiger partial charge in [0.15, 0.2) is 0 Å². The highest BCUT2D eigenvalue weighted by Crippen LogP contribution is 2.21. The van der Waals surface area contributed by atoms with Crippen molar-refractivity contribution >= 4 is 11.5 Å². The summed E-state index contributed by atoms with van der Waals surface area (Å²) in [5.74, 6) is 1.60. The first-order valence-corrected chi connectivity index (χ1v) is 9.14. The smallest absolute Gasteiger partial charge is 0.135 e. The molecule has 2 rings (SSSR count). The molecule has 134 valence electrons. The molecular formula is C21H29N3O. The van der Waals surface area contributed by atoms with Gasteiger partial charge in [-0.05, 0) is 49.2 Å². The SMILES string of the molecule is CCCCC(CCC)Nc1ncccc1C(=N)c1ccc(OC)cc1. The minimum Gasteiger partial charge on any atom is -0.497 e. The van der Waals surface area contributed by atoms with Gasteiger partial charge in [0.25, 0.3) is 0 Å². The Morgan fingerprint density at radius 2 is 1.88 bits per heavy atom. The van der Waals surface area contributed by atoms with Crippen LogP contribution in [0.5, 0.6) is 5.75 Å². The Labute approximate surface area is 151 Å². The lowest BCUT2D eigenvalue weighted by atomic mass is 10.0. The summed E-state index contributed by atoms with van der Waals surface area (Å²) in [5.41, 5.74) is 2.17. The molecule has 1 unspecified atom stereocenters. The van der Waals surface area contributed by atoms with Crippen LogP contribution in [0.1, 0.15) is 57.1 Å². The van der Waals surface area contributed by atoms with Gasteiger partial charge in [-0.3, -0.25) is 5.41 Å². The van der Waals surface area contributed by atoms with Crippen molar-refractivity contribution in [3.05, 3.63) is 53.7 Å². The van der Waals surface area contributed by atoms with E-state index >= 15 is 0 Å². The van der Waals surface area contributed by atoms with E-state index in [1.807, 2.05) is 36.4 Å². The van der Waals surface area contributed by atoms with Gasteiger partial charge >= 0.3 is 0 Å². The van der Waals surface area contributed by atoms with Gasteiger partial charge in [0.05, 0.1) is 12.8 Å². The molecule has 0 aliphatic carbocycles. The van der Waals surface area contributed by atoms with Crippen molar-refractivity contribution in [2.75, 3.05) is 12.4 Å². The number of methoxy groups -OCH3 is 1. The van der Waals surface area contributed by atoms with E-state index in [0.29, 0.717) is 11.8 Å². The molecular weight excluding hydrogens is 310 g/mol. The van der Waals surface area contributed by atoms with Crippen molar-refractivity contribution in [2.24, 2.45) is 0 Å². The van der Waals surface area contributed by atoms with Crippen LogP contribution in [0, 0.1) is 5.41 Å². The van der Waals surface area contributed by atoms with Gasteiger partial charge in [-0.1, -0.05) is 33.1 Å². The molecule has 1 heterocycles. The van der Waals surface area contributed by atoms with E-state index in [1.54, 1.807) is 13.3 Å². The molecule has 2 N–H and O–H groups in total. The van der Waals surface area contributed by atoms with Crippen LogP contribution in [-0.4, -0.2) is 23.8 Å². The number of nitrogens with one attached hydrogen (secondary N) is 2. The lowest BCUT2D eigenvalue weighted by Gasteiger charge is -2.20. The van der Waals surface area contributed by atoms with Crippen LogP contribution in [0.2, 0.25) is 0 Å². The van der Waals surface area contributed by atoms with E-state index in [4.69, 9.17) is 10.1 Å². The predicted octanol–water partition coefficient (Wildman–Crippen LogP) is 5.28. The molecule has 25 heavy (non-hydrogen) atoms. The number of hydrogen-bond acceptors (Lipinski definition) is 4. The topological polar surface area (TPSA) is 58.0 Å². The third-order valence-corrected chi connectivity index (χ3v) is 4.34. The number of aromatic nitrogens is 1. The van der Waals surface area contributed by atoms with Gasteiger partial charge in [0, 0.05) is 23.4 Å². The first-order chi connectivity index (χ1) is 12.2. The number of ether oxygens (including phenoxy) is 1. The third-order valence-electron chi connectivity index (χ3n) is 4.34. The molecule has 0 amide bonds. The summed E-state index contributed by atoms with van der Waals surface area (Å²) < 4.78 is 5.20. The summed E-state index contributed by atoms with van der Waals surface area (Å²) in [4.78, 5) is 4.51. The maximum absolute atomic E-state index is 8.60. The quantitative estimate of drug-likeness (QED) is 0.579. The largest absolute Gasteiger partial charge is 0.497 e. The maximum Gasteiger partial charge on any atom is 0.135 e. The fourth-order valence-corrected chi connectivity index (χ4v) is 2.92. The van der Waals surface area contributed by atoms with Crippen LogP contribution in [0.4, 0.5) is 5.82 Å². The minimum absolute atomic E-state index is 0.405. The fourth-order valence-electron chi connectivity index (χ4n) is 2.92. The van der Waals surface area contributed by atoms with Crippen LogP contribution >= 0.6 is 0 Å². The van der Waals surface area contributed by atoms with Crippen molar-refractivity contribution in [1.82, 2.24) is 4.98 Å². The molecule has 0 aliphatic rings. The third kappa shape index (κ3) is 5.31. The number of benzene rings is 1. The molecule has 4 nitrogen and oxygen atoms in total. The summed E-state index contributed by atoms with van der Waals surface area (Å²) in [7, 11) is 1.65. The van der Waals surface area contributed by atoms with Gasteiger partial charge in [0.2, 0.25) is 0 Å². The molecule has 1 aromatic carbocycles. The Balaban J connectivity index is 2.21. The molecule has 1 atom stereocenters. The van der Waals surface area contributed by atoms with E-state index < -0.39 is 0 Å². The average Bonchev–Trinajstić information content (AvgIpc) is 2.66. The van der Waals surface area contributed by atoms with Gasteiger partial charge in [-0.15, -0.1) is 0 Å². The number of nitrogens with zero attached hydrogens (tertiary/aromatic N) is 1. The molecule has 4 heteroatoms. The van der Waals surface area contributed by atoms with Crippen molar-refractivity contribution in [1.29, 1.82) is 5.41 Å². The van der Waals surface area contributed by atoms with Gasteiger partial charge < -0.3 is 10.1 Å². The summed E-state index contributed by atoms with van der Waals surface area (Å²) in [6, 6.07) is 11.9. The molecule has 0 saturated heterocycles. The van der Waals surface area contributed by atoms with Gasteiger partial charge in [-0.25, -0.2) is 4.98 Å². The molecule has 0 spiro atoms. The predicted molar refractivity (Wildman–Crippen MR) is 105 cm³/mol. The Morgan fingerprint density at radius 1 is 1.12 bits per heavy atom. The first kappa shape index (κ1) is 19.0. The molecule has 1 aromatic heterocycles. The lowest BCUT2D eigenvalue weighted by Crippen LogP contribution is -2.22. The summed E-state index contributed by atoms with van der Waals surface area (Å²) >= 11 is 0. The zero-order valence-electron chi connectivity index (χ0n) is 15.5. The zero-order chi connectivity index (χ0) is 18.1. The van der Waals surface area contributed by atoms with E-state index in [-0.39, 0.29) is 0 Å². The van der Waals surface area contributed by atoms with Crippen LogP contribution in [-0.2, 0) is 0 Å². The monoisotopic (exact) mass is 339 g/mol. The first-order valence-electron chi connectivity index (χ1n) is 9.14. The summed E-state index contributed by atoms with van der Waals surface area (Å²) in [5, 5.41) is 12.2. The van der Waals surface area contributed by atoms with Crippen molar-refractivity contribution < 1.29 is 4.74 Å². The van der Waals surface area contributed by atoms with E-state index in [1.165, 1.54) is 12.8 Å². The lowest BCUT2D eigenvalue weighted by molar-refractivity contribution is 0.415. The molecule has 0 saturated carbocycles. The standard InChI is InChI=1S/C21H29N3O/c1-4-6-9-17(8-5-2)24-21-19(10-7-15-23-21)20(22)16-11-13-18(25-3)14-12-16/h7,10-15,17,22H,4-6,8-9H2,1-3H3,(H,23,24). The number of rotatable bonds is 10. The van der Waals surface area contributed by atoms with E-state index in [9.17, 15) is 0 Å². The highest BCUT2D eigenvalue weighted by Gasteiger charge is 2.14. The highest BCUT2D eigenvalue weighted by molar-refractivity contribution is 6.13. The summed E-state index contributed by atoms with van der Waals surface area (Å²) in [6.45, 7) is 4.42. The Bertz CT molecular complexity index is 667. The zero-order valence-corrected chi connectivity index (χ0v) is 15.5.